The molecule has 0 saturated carbocycles. The van der Waals surface area contributed by atoms with Gasteiger partial charge in [-0.2, -0.15) is 0 Å². The van der Waals surface area contributed by atoms with Crippen LogP contribution in [0.2, 0.25) is 0 Å². The molecule has 1 aliphatic heterocycles. The number of hydrogen-bond acceptors (Lipinski definition) is 5. The van der Waals surface area contributed by atoms with Crippen molar-refractivity contribution in [1.29, 1.82) is 0 Å². The van der Waals surface area contributed by atoms with Crippen LogP contribution < -0.4 is 5.32 Å². The lowest BCUT2D eigenvalue weighted by Gasteiger charge is -2.32. The molecule has 5 heteroatoms. The van der Waals surface area contributed by atoms with E-state index in [4.69, 9.17) is 0 Å². The van der Waals surface area contributed by atoms with Crippen LogP contribution in [0.3, 0.4) is 0 Å². The zero-order chi connectivity index (χ0) is 13.7. The number of pyridine rings is 1. The molecule has 0 aromatic carbocycles. The van der Waals surface area contributed by atoms with Crippen molar-refractivity contribution in [2.24, 2.45) is 0 Å². The first-order valence-corrected chi connectivity index (χ1v) is 6.92. The molecule has 0 atom stereocenters. The number of aryl methyl sites for hydroxylation is 1. The summed E-state index contributed by atoms with van der Waals surface area (Å²) in [5, 5.41) is 13.0. The highest BCUT2D eigenvalue weighted by Crippen LogP contribution is 2.13. The molecule has 5 nitrogen and oxygen atoms in total. The number of piperazine rings is 1. The van der Waals surface area contributed by atoms with Gasteiger partial charge in [0.05, 0.1) is 5.69 Å². The summed E-state index contributed by atoms with van der Waals surface area (Å²) < 4.78 is 0. The highest BCUT2D eigenvalue weighted by molar-refractivity contribution is 5.27. The summed E-state index contributed by atoms with van der Waals surface area (Å²) in [7, 11) is 2.17. The fourth-order valence-electron chi connectivity index (χ4n) is 2.25. The average molecular weight is 264 g/mol. The molecule has 1 saturated heterocycles. The van der Waals surface area contributed by atoms with E-state index in [0.29, 0.717) is 6.54 Å². The molecule has 0 unspecified atom stereocenters. The molecule has 1 fully saturated rings. The van der Waals surface area contributed by atoms with Crippen molar-refractivity contribution in [3.05, 3.63) is 23.5 Å². The topological polar surface area (TPSA) is 51.6 Å². The third kappa shape index (κ3) is 4.45. The summed E-state index contributed by atoms with van der Waals surface area (Å²) in [5.41, 5.74) is 1.67. The molecular weight excluding hydrogens is 240 g/mol. The predicted octanol–water partition coefficient (Wildman–Crippen LogP) is 0.433. The van der Waals surface area contributed by atoms with Crippen molar-refractivity contribution in [3.63, 3.8) is 0 Å². The minimum atomic E-state index is 0.276. The Balaban J connectivity index is 1.68. The molecule has 106 valence electrons. The molecule has 19 heavy (non-hydrogen) atoms. The van der Waals surface area contributed by atoms with Crippen LogP contribution >= 0.6 is 0 Å². The minimum absolute atomic E-state index is 0.276. The predicted molar refractivity (Wildman–Crippen MR) is 76.3 cm³/mol. The zero-order valence-electron chi connectivity index (χ0n) is 11.9. The van der Waals surface area contributed by atoms with Crippen LogP contribution in [0.15, 0.2) is 12.1 Å². The maximum Gasteiger partial charge on any atom is 0.138 e. The van der Waals surface area contributed by atoms with E-state index in [1.807, 2.05) is 13.0 Å². The lowest BCUT2D eigenvalue weighted by atomic mass is 10.3. The van der Waals surface area contributed by atoms with Gasteiger partial charge in [-0.3, -0.25) is 9.88 Å². The van der Waals surface area contributed by atoms with Crippen LogP contribution in [0.1, 0.15) is 11.4 Å². The lowest BCUT2D eigenvalue weighted by Crippen LogP contribution is -2.46. The third-order valence-corrected chi connectivity index (χ3v) is 3.58. The smallest absolute Gasteiger partial charge is 0.138 e. The maximum atomic E-state index is 9.69. The Kier molecular flexibility index (Phi) is 5.13. The quantitative estimate of drug-likeness (QED) is 0.756. The Labute approximate surface area is 115 Å². The maximum absolute atomic E-state index is 9.69. The summed E-state index contributed by atoms with van der Waals surface area (Å²) in [6.45, 7) is 9.15. The van der Waals surface area contributed by atoms with Crippen LogP contribution in [0.25, 0.3) is 0 Å². The molecule has 1 aliphatic rings. The molecule has 0 radical (unpaired) electrons. The fraction of sp³-hybridized carbons (Fsp3) is 0.643. The van der Waals surface area contributed by atoms with E-state index in [1.165, 1.54) is 0 Å². The molecule has 2 N–H and O–H groups in total. The zero-order valence-corrected chi connectivity index (χ0v) is 11.9. The van der Waals surface area contributed by atoms with Crippen LogP contribution in [-0.4, -0.2) is 66.2 Å². The van der Waals surface area contributed by atoms with E-state index >= 15 is 0 Å². The van der Waals surface area contributed by atoms with Crippen LogP contribution in [0.4, 0.5) is 0 Å². The first-order valence-electron chi connectivity index (χ1n) is 6.92. The number of rotatable bonds is 5. The van der Waals surface area contributed by atoms with Crippen molar-refractivity contribution in [2.75, 3.05) is 46.3 Å². The van der Waals surface area contributed by atoms with Crippen molar-refractivity contribution >= 4 is 0 Å². The van der Waals surface area contributed by atoms with Gasteiger partial charge < -0.3 is 15.3 Å². The Hall–Kier alpha value is -1.17. The molecule has 2 heterocycles. The molecule has 0 spiro atoms. The van der Waals surface area contributed by atoms with Gasteiger partial charge in [0.2, 0.25) is 0 Å². The van der Waals surface area contributed by atoms with Crippen LogP contribution in [-0.2, 0) is 6.54 Å². The third-order valence-electron chi connectivity index (χ3n) is 3.58. The summed E-state index contributed by atoms with van der Waals surface area (Å²) in [6.07, 6.45) is 0. The largest absolute Gasteiger partial charge is 0.506 e. The standard InChI is InChI=1S/C14H24N4O/c1-12-3-4-14(19)13(16-12)11-15-5-6-18-9-7-17(2)8-10-18/h3-4,15,19H,5-11H2,1-2H3. The van der Waals surface area contributed by atoms with E-state index in [1.54, 1.807) is 6.07 Å². The summed E-state index contributed by atoms with van der Waals surface area (Å²) >= 11 is 0. The van der Waals surface area contributed by atoms with E-state index in [0.717, 1.165) is 50.7 Å². The van der Waals surface area contributed by atoms with E-state index in [-0.39, 0.29) is 5.75 Å². The fourth-order valence-corrected chi connectivity index (χ4v) is 2.25. The average Bonchev–Trinajstić information content (AvgIpc) is 2.40. The number of nitrogens with one attached hydrogen (secondary N) is 1. The molecule has 2 rings (SSSR count). The van der Waals surface area contributed by atoms with Crippen molar-refractivity contribution < 1.29 is 5.11 Å². The van der Waals surface area contributed by atoms with Gasteiger partial charge in [0.15, 0.2) is 0 Å². The molecule has 1 aromatic rings. The van der Waals surface area contributed by atoms with Gasteiger partial charge in [-0.1, -0.05) is 0 Å². The molecule has 0 amide bonds. The number of nitrogens with zero attached hydrogens (tertiary/aromatic N) is 3. The van der Waals surface area contributed by atoms with Crippen LogP contribution in [0.5, 0.6) is 5.75 Å². The summed E-state index contributed by atoms with van der Waals surface area (Å²) in [5.74, 6) is 0.276. The van der Waals surface area contributed by atoms with Crippen LogP contribution in [0, 0.1) is 6.92 Å². The molecule has 0 bridgehead atoms. The van der Waals surface area contributed by atoms with E-state index in [2.05, 4.69) is 27.1 Å². The number of aromatic nitrogens is 1. The highest BCUT2D eigenvalue weighted by Gasteiger charge is 2.12. The Bertz CT molecular complexity index is 402. The van der Waals surface area contributed by atoms with Gasteiger partial charge in [0.25, 0.3) is 0 Å². The second-order valence-electron chi connectivity index (χ2n) is 5.24. The van der Waals surface area contributed by atoms with Gasteiger partial charge in [-0.05, 0) is 26.1 Å². The summed E-state index contributed by atoms with van der Waals surface area (Å²) in [4.78, 5) is 9.16. The van der Waals surface area contributed by atoms with Gasteiger partial charge in [0, 0.05) is 51.5 Å². The second-order valence-corrected chi connectivity index (χ2v) is 5.24. The second kappa shape index (κ2) is 6.84. The highest BCUT2D eigenvalue weighted by atomic mass is 16.3. The number of aromatic hydroxyl groups is 1. The Morgan fingerprint density at radius 2 is 2.00 bits per heavy atom. The lowest BCUT2D eigenvalue weighted by molar-refractivity contribution is 0.154. The van der Waals surface area contributed by atoms with Crippen molar-refractivity contribution in [3.8, 4) is 5.75 Å². The van der Waals surface area contributed by atoms with Gasteiger partial charge in [-0.15, -0.1) is 0 Å². The van der Waals surface area contributed by atoms with Gasteiger partial charge >= 0.3 is 0 Å². The first-order chi connectivity index (χ1) is 9.15. The number of likely N-dealkylation sites (N-methyl/N-ethyl adjacent to an activating group) is 1. The Morgan fingerprint density at radius 1 is 1.26 bits per heavy atom. The molecule has 1 aromatic heterocycles. The monoisotopic (exact) mass is 264 g/mol. The van der Waals surface area contributed by atoms with Crippen molar-refractivity contribution in [1.82, 2.24) is 20.1 Å². The number of hydrogen-bond donors (Lipinski definition) is 2. The molecule has 0 aliphatic carbocycles. The molecular formula is C14H24N4O. The first kappa shape index (κ1) is 14.2. The van der Waals surface area contributed by atoms with Gasteiger partial charge in [0.1, 0.15) is 5.75 Å². The van der Waals surface area contributed by atoms with Crippen molar-refractivity contribution in [2.45, 2.75) is 13.5 Å². The van der Waals surface area contributed by atoms with E-state index in [9.17, 15) is 5.11 Å². The van der Waals surface area contributed by atoms with E-state index < -0.39 is 0 Å². The normalized spacial score (nSPS) is 17.8. The minimum Gasteiger partial charge on any atom is -0.506 e. The van der Waals surface area contributed by atoms with Gasteiger partial charge in [-0.25, -0.2) is 0 Å². The Morgan fingerprint density at radius 3 is 2.74 bits per heavy atom. The SMILES string of the molecule is Cc1ccc(O)c(CNCCN2CCN(C)CC2)n1. The summed E-state index contributed by atoms with van der Waals surface area (Å²) in [6, 6.07) is 3.53.